The third-order valence-corrected chi connectivity index (χ3v) is 2.38. The van der Waals surface area contributed by atoms with Crippen molar-refractivity contribution in [3.8, 4) is 5.75 Å². The number of fused-ring (bicyclic) bond motifs is 1. The largest absolute Gasteiger partial charge is 0.506 e. The summed E-state index contributed by atoms with van der Waals surface area (Å²) in [6.45, 7) is 1.85. The van der Waals surface area contributed by atoms with Crippen molar-refractivity contribution in [3.05, 3.63) is 29.5 Å². The van der Waals surface area contributed by atoms with Crippen molar-refractivity contribution < 1.29 is 29.0 Å². The number of rotatable bonds is 3. The summed E-state index contributed by atoms with van der Waals surface area (Å²) in [6.07, 6.45) is 0. The van der Waals surface area contributed by atoms with Gasteiger partial charge in [0, 0.05) is 6.07 Å². The van der Waals surface area contributed by atoms with Gasteiger partial charge in [-0.25, -0.2) is 9.59 Å². The molecule has 0 aliphatic rings. The van der Waals surface area contributed by atoms with Gasteiger partial charge in [0.2, 0.25) is 5.76 Å². The predicted octanol–water partition coefficient (Wildman–Crippen LogP) is 2.01. The summed E-state index contributed by atoms with van der Waals surface area (Å²) in [5.74, 6) is -2.43. The molecule has 0 amide bonds. The SMILES string of the molecule is CCOC(=O)c1cc2c(O)c(C(=O)O)ccc2o1. The number of carboxylic acids is 1. The monoisotopic (exact) mass is 250 g/mol. The molecule has 1 aromatic carbocycles. The van der Waals surface area contributed by atoms with Gasteiger partial charge in [0.05, 0.1) is 12.0 Å². The van der Waals surface area contributed by atoms with Gasteiger partial charge in [-0.15, -0.1) is 0 Å². The average molecular weight is 250 g/mol. The molecule has 0 saturated heterocycles. The maximum Gasteiger partial charge on any atom is 0.374 e. The third-order valence-electron chi connectivity index (χ3n) is 2.38. The van der Waals surface area contributed by atoms with E-state index in [-0.39, 0.29) is 28.9 Å². The molecule has 0 aliphatic carbocycles. The Kier molecular flexibility index (Phi) is 2.93. The van der Waals surface area contributed by atoms with Crippen LogP contribution in [0.3, 0.4) is 0 Å². The van der Waals surface area contributed by atoms with E-state index in [1.165, 1.54) is 18.2 Å². The van der Waals surface area contributed by atoms with Crippen molar-refractivity contribution in [2.75, 3.05) is 6.61 Å². The number of carbonyl (C=O) groups excluding carboxylic acids is 1. The molecule has 2 rings (SSSR count). The lowest BCUT2D eigenvalue weighted by Crippen LogP contribution is -2.02. The highest BCUT2D eigenvalue weighted by Crippen LogP contribution is 2.31. The molecule has 2 N–H and O–H groups in total. The number of carbonyl (C=O) groups is 2. The fraction of sp³-hybridized carbons (Fsp3) is 0.167. The highest BCUT2D eigenvalue weighted by atomic mass is 16.5. The molecule has 0 radical (unpaired) electrons. The van der Waals surface area contributed by atoms with Gasteiger partial charge in [0.25, 0.3) is 0 Å². The first-order valence-corrected chi connectivity index (χ1v) is 5.20. The lowest BCUT2D eigenvalue weighted by molar-refractivity contribution is 0.0492. The number of ether oxygens (including phenoxy) is 1. The molecular formula is C12H10O6. The number of phenols is 1. The summed E-state index contributed by atoms with van der Waals surface area (Å²) in [5.41, 5.74) is -0.0285. The second-order valence-corrected chi connectivity index (χ2v) is 3.51. The second-order valence-electron chi connectivity index (χ2n) is 3.51. The summed E-state index contributed by atoms with van der Waals surface area (Å²) in [5, 5.41) is 18.8. The summed E-state index contributed by atoms with van der Waals surface area (Å²) in [4.78, 5) is 22.3. The van der Waals surface area contributed by atoms with Gasteiger partial charge in [-0.3, -0.25) is 0 Å². The highest BCUT2D eigenvalue weighted by Gasteiger charge is 2.19. The third kappa shape index (κ3) is 1.88. The summed E-state index contributed by atoms with van der Waals surface area (Å²) in [6, 6.07) is 3.84. The van der Waals surface area contributed by atoms with Crippen LogP contribution in [-0.2, 0) is 4.74 Å². The Balaban J connectivity index is 2.55. The number of aromatic carboxylic acids is 1. The summed E-state index contributed by atoms with van der Waals surface area (Å²) in [7, 11) is 0. The second kappa shape index (κ2) is 4.40. The van der Waals surface area contributed by atoms with E-state index in [1.807, 2.05) is 0 Å². The molecule has 94 valence electrons. The van der Waals surface area contributed by atoms with Gasteiger partial charge < -0.3 is 19.4 Å². The number of hydrogen-bond donors (Lipinski definition) is 2. The van der Waals surface area contributed by atoms with Crippen molar-refractivity contribution in [1.82, 2.24) is 0 Å². The van der Waals surface area contributed by atoms with Crippen LogP contribution in [0.1, 0.15) is 27.8 Å². The van der Waals surface area contributed by atoms with Crippen LogP contribution >= 0.6 is 0 Å². The molecule has 0 fully saturated rings. The maximum absolute atomic E-state index is 11.4. The van der Waals surface area contributed by atoms with E-state index in [2.05, 4.69) is 0 Å². The van der Waals surface area contributed by atoms with Gasteiger partial charge in [-0.05, 0) is 19.1 Å². The first-order valence-electron chi connectivity index (χ1n) is 5.20. The van der Waals surface area contributed by atoms with Gasteiger partial charge in [-0.2, -0.15) is 0 Å². The Labute approximate surface area is 101 Å². The van der Waals surface area contributed by atoms with Crippen molar-refractivity contribution >= 4 is 22.9 Å². The molecule has 6 nitrogen and oxygen atoms in total. The topological polar surface area (TPSA) is 97.0 Å². The van der Waals surface area contributed by atoms with E-state index < -0.39 is 17.7 Å². The van der Waals surface area contributed by atoms with Crippen LogP contribution < -0.4 is 0 Å². The Morgan fingerprint density at radius 3 is 2.72 bits per heavy atom. The standard InChI is InChI=1S/C12H10O6/c1-2-17-12(16)9-5-7-8(18-9)4-3-6(10(7)13)11(14)15/h3-5,13H,2H2,1H3,(H,14,15). The highest BCUT2D eigenvalue weighted by molar-refractivity contribution is 6.01. The number of hydrogen-bond acceptors (Lipinski definition) is 5. The van der Waals surface area contributed by atoms with E-state index in [4.69, 9.17) is 14.3 Å². The normalized spacial score (nSPS) is 10.5. The molecule has 0 saturated carbocycles. The summed E-state index contributed by atoms with van der Waals surface area (Å²) < 4.78 is 9.91. The molecule has 1 aromatic heterocycles. The van der Waals surface area contributed by atoms with Gasteiger partial charge in [0.1, 0.15) is 16.9 Å². The fourth-order valence-corrected chi connectivity index (χ4v) is 1.57. The molecule has 0 spiro atoms. The van der Waals surface area contributed by atoms with Crippen LogP contribution in [0, 0.1) is 0 Å². The Morgan fingerprint density at radius 2 is 2.11 bits per heavy atom. The molecule has 18 heavy (non-hydrogen) atoms. The molecule has 2 aromatic rings. The van der Waals surface area contributed by atoms with Crippen LogP contribution in [0.5, 0.6) is 5.75 Å². The molecule has 0 bridgehead atoms. The quantitative estimate of drug-likeness (QED) is 0.809. The average Bonchev–Trinajstić information content (AvgIpc) is 2.74. The zero-order valence-electron chi connectivity index (χ0n) is 9.47. The number of furan rings is 1. The molecule has 1 heterocycles. The van der Waals surface area contributed by atoms with E-state index in [0.29, 0.717) is 0 Å². The minimum absolute atomic E-state index is 0.0790. The number of esters is 1. The lowest BCUT2D eigenvalue weighted by atomic mass is 10.1. The summed E-state index contributed by atoms with van der Waals surface area (Å²) >= 11 is 0. The van der Waals surface area contributed by atoms with Crippen LogP contribution in [0.4, 0.5) is 0 Å². The van der Waals surface area contributed by atoms with Crippen molar-refractivity contribution in [1.29, 1.82) is 0 Å². The Bertz CT molecular complexity index is 625. The van der Waals surface area contributed by atoms with Crippen LogP contribution in [0.15, 0.2) is 22.6 Å². The molecule has 0 unspecified atom stereocenters. The predicted molar refractivity (Wildman–Crippen MR) is 60.8 cm³/mol. The van der Waals surface area contributed by atoms with Gasteiger partial charge in [-0.1, -0.05) is 0 Å². The number of aromatic hydroxyl groups is 1. The van der Waals surface area contributed by atoms with Gasteiger partial charge in [0.15, 0.2) is 0 Å². The number of carboxylic acid groups (broad SMARTS) is 1. The van der Waals surface area contributed by atoms with E-state index in [0.717, 1.165) is 0 Å². The zero-order valence-corrected chi connectivity index (χ0v) is 9.47. The molecular weight excluding hydrogens is 240 g/mol. The first kappa shape index (κ1) is 12.0. The smallest absolute Gasteiger partial charge is 0.374 e. The van der Waals surface area contributed by atoms with Crippen molar-refractivity contribution in [3.63, 3.8) is 0 Å². The molecule has 0 atom stereocenters. The Morgan fingerprint density at radius 1 is 1.39 bits per heavy atom. The van der Waals surface area contributed by atoms with E-state index in [9.17, 15) is 14.7 Å². The Hall–Kier alpha value is -2.50. The van der Waals surface area contributed by atoms with E-state index >= 15 is 0 Å². The molecule has 0 aliphatic heterocycles. The van der Waals surface area contributed by atoms with Crippen LogP contribution in [0.2, 0.25) is 0 Å². The van der Waals surface area contributed by atoms with Gasteiger partial charge >= 0.3 is 11.9 Å². The van der Waals surface area contributed by atoms with Crippen LogP contribution in [-0.4, -0.2) is 28.8 Å². The van der Waals surface area contributed by atoms with Crippen molar-refractivity contribution in [2.45, 2.75) is 6.92 Å². The first-order chi connectivity index (χ1) is 8.54. The van der Waals surface area contributed by atoms with Crippen LogP contribution in [0.25, 0.3) is 11.0 Å². The number of benzene rings is 1. The minimum Gasteiger partial charge on any atom is -0.506 e. The zero-order chi connectivity index (χ0) is 13.3. The lowest BCUT2D eigenvalue weighted by Gasteiger charge is -1.98. The molecule has 6 heteroatoms. The fourth-order valence-electron chi connectivity index (χ4n) is 1.57. The van der Waals surface area contributed by atoms with E-state index in [1.54, 1.807) is 6.92 Å². The maximum atomic E-state index is 11.4. The van der Waals surface area contributed by atoms with Crippen molar-refractivity contribution in [2.24, 2.45) is 0 Å². The minimum atomic E-state index is -1.26.